The third-order valence-electron chi connectivity index (χ3n) is 6.63. The van der Waals surface area contributed by atoms with Gasteiger partial charge in [0.1, 0.15) is 0 Å². The Morgan fingerprint density at radius 3 is 2.40 bits per heavy atom. The van der Waals surface area contributed by atoms with Crippen molar-refractivity contribution < 1.29 is 9.47 Å². The SMILES string of the molecule is CCN1CCN(C(c2ccc(OC)c(OC)c2)c2nnnn2C2CCCCC2)CC1. The number of likely N-dealkylation sites (N-methyl/N-ethyl adjacent to an activating group) is 1. The predicted octanol–water partition coefficient (Wildman–Crippen LogP) is 2.92. The van der Waals surface area contributed by atoms with Crippen molar-refractivity contribution >= 4 is 0 Å². The fourth-order valence-corrected chi connectivity index (χ4v) is 4.85. The van der Waals surface area contributed by atoms with E-state index in [1.165, 1.54) is 19.3 Å². The zero-order chi connectivity index (χ0) is 20.9. The van der Waals surface area contributed by atoms with Crippen molar-refractivity contribution in [3.05, 3.63) is 29.6 Å². The fourth-order valence-electron chi connectivity index (χ4n) is 4.85. The third kappa shape index (κ3) is 4.30. The largest absolute Gasteiger partial charge is 0.493 e. The van der Waals surface area contributed by atoms with Gasteiger partial charge in [-0.1, -0.05) is 32.3 Å². The first-order chi connectivity index (χ1) is 14.7. The van der Waals surface area contributed by atoms with Crippen LogP contribution in [-0.2, 0) is 0 Å². The molecule has 1 aromatic heterocycles. The van der Waals surface area contributed by atoms with Crippen LogP contribution in [0.5, 0.6) is 11.5 Å². The van der Waals surface area contributed by atoms with Crippen molar-refractivity contribution in [1.29, 1.82) is 0 Å². The quantitative estimate of drug-likeness (QED) is 0.690. The van der Waals surface area contributed by atoms with Gasteiger partial charge in [0.15, 0.2) is 17.3 Å². The number of rotatable bonds is 7. The number of benzene rings is 1. The summed E-state index contributed by atoms with van der Waals surface area (Å²) in [5.74, 6) is 2.42. The summed E-state index contributed by atoms with van der Waals surface area (Å²) in [4.78, 5) is 5.00. The van der Waals surface area contributed by atoms with Crippen molar-refractivity contribution in [1.82, 2.24) is 30.0 Å². The standard InChI is InChI=1S/C22H34N6O2/c1-4-26-12-14-27(15-13-26)21(17-10-11-19(29-2)20(16-17)30-3)22-23-24-25-28(22)18-8-6-5-7-9-18/h10-11,16,18,21H,4-9,12-15H2,1-3H3. The molecule has 2 aromatic rings. The van der Waals surface area contributed by atoms with Gasteiger partial charge in [0.25, 0.3) is 0 Å². The predicted molar refractivity (Wildman–Crippen MR) is 115 cm³/mol. The topological polar surface area (TPSA) is 68.5 Å². The average Bonchev–Trinajstić information content (AvgIpc) is 3.29. The summed E-state index contributed by atoms with van der Waals surface area (Å²) < 4.78 is 13.2. The van der Waals surface area contributed by atoms with Gasteiger partial charge >= 0.3 is 0 Å². The van der Waals surface area contributed by atoms with E-state index in [-0.39, 0.29) is 6.04 Å². The van der Waals surface area contributed by atoms with Gasteiger partial charge in [0, 0.05) is 26.2 Å². The second kappa shape index (κ2) is 9.75. The molecule has 0 radical (unpaired) electrons. The molecule has 0 spiro atoms. The number of nitrogens with zero attached hydrogens (tertiary/aromatic N) is 6. The lowest BCUT2D eigenvalue weighted by molar-refractivity contribution is 0.106. The molecule has 0 bridgehead atoms. The highest BCUT2D eigenvalue weighted by Crippen LogP contribution is 2.37. The molecular formula is C22H34N6O2. The molecule has 164 valence electrons. The zero-order valence-corrected chi connectivity index (χ0v) is 18.5. The second-order valence-corrected chi connectivity index (χ2v) is 8.26. The minimum absolute atomic E-state index is 0.000684. The normalized spacial score (nSPS) is 20.2. The minimum Gasteiger partial charge on any atom is -0.493 e. The number of ether oxygens (including phenoxy) is 2. The summed E-state index contributed by atoms with van der Waals surface area (Å²) in [5.41, 5.74) is 1.14. The highest BCUT2D eigenvalue weighted by molar-refractivity contribution is 5.45. The van der Waals surface area contributed by atoms with E-state index in [4.69, 9.17) is 9.47 Å². The maximum atomic E-state index is 5.60. The lowest BCUT2D eigenvalue weighted by Gasteiger charge is -2.39. The number of hydrogen-bond acceptors (Lipinski definition) is 7. The van der Waals surface area contributed by atoms with Gasteiger partial charge in [-0.3, -0.25) is 4.90 Å². The molecular weight excluding hydrogens is 380 g/mol. The lowest BCUT2D eigenvalue weighted by Crippen LogP contribution is -2.48. The number of methoxy groups -OCH3 is 2. The van der Waals surface area contributed by atoms with Crippen LogP contribution in [0.15, 0.2) is 18.2 Å². The van der Waals surface area contributed by atoms with E-state index >= 15 is 0 Å². The van der Waals surface area contributed by atoms with E-state index in [2.05, 4.69) is 49.1 Å². The highest BCUT2D eigenvalue weighted by atomic mass is 16.5. The van der Waals surface area contributed by atoms with Crippen molar-refractivity contribution in [2.75, 3.05) is 46.9 Å². The van der Waals surface area contributed by atoms with Gasteiger partial charge in [0.05, 0.1) is 26.3 Å². The first-order valence-electron chi connectivity index (χ1n) is 11.2. The maximum absolute atomic E-state index is 5.60. The van der Waals surface area contributed by atoms with Crippen LogP contribution in [-0.4, -0.2) is 77.0 Å². The summed E-state index contributed by atoms with van der Waals surface area (Å²) in [6.45, 7) is 7.42. The van der Waals surface area contributed by atoms with Crippen LogP contribution in [0.25, 0.3) is 0 Å². The van der Waals surface area contributed by atoms with E-state index in [9.17, 15) is 0 Å². The van der Waals surface area contributed by atoms with Gasteiger partial charge in [-0.15, -0.1) is 5.10 Å². The Morgan fingerprint density at radius 2 is 1.73 bits per heavy atom. The van der Waals surface area contributed by atoms with Gasteiger partial charge in [0.2, 0.25) is 0 Å². The smallest absolute Gasteiger partial charge is 0.173 e. The van der Waals surface area contributed by atoms with Crippen LogP contribution < -0.4 is 9.47 Å². The number of aromatic nitrogens is 4. The number of hydrogen-bond donors (Lipinski definition) is 0. The maximum Gasteiger partial charge on any atom is 0.173 e. The summed E-state index contributed by atoms with van der Waals surface area (Å²) in [7, 11) is 3.35. The molecule has 30 heavy (non-hydrogen) atoms. The molecule has 8 nitrogen and oxygen atoms in total. The molecule has 2 aliphatic rings. The van der Waals surface area contributed by atoms with Crippen LogP contribution in [0.3, 0.4) is 0 Å². The van der Waals surface area contributed by atoms with Crippen molar-refractivity contribution in [2.45, 2.75) is 51.1 Å². The Hall–Kier alpha value is -2.19. The highest BCUT2D eigenvalue weighted by Gasteiger charge is 2.33. The monoisotopic (exact) mass is 414 g/mol. The summed E-state index contributed by atoms with van der Waals surface area (Å²) >= 11 is 0. The van der Waals surface area contributed by atoms with Crippen molar-refractivity contribution in [3.8, 4) is 11.5 Å². The molecule has 4 rings (SSSR count). The minimum atomic E-state index is 0.000684. The Labute approximate surface area is 179 Å². The molecule has 1 aromatic carbocycles. The van der Waals surface area contributed by atoms with Gasteiger partial charge < -0.3 is 14.4 Å². The Balaban J connectivity index is 1.71. The van der Waals surface area contributed by atoms with Gasteiger partial charge in [-0.25, -0.2) is 4.68 Å². The van der Waals surface area contributed by atoms with E-state index in [1.807, 2.05) is 6.07 Å². The van der Waals surface area contributed by atoms with E-state index < -0.39 is 0 Å². The molecule has 1 saturated heterocycles. The molecule has 1 aliphatic carbocycles. The molecule has 2 heterocycles. The van der Waals surface area contributed by atoms with E-state index in [0.29, 0.717) is 6.04 Å². The second-order valence-electron chi connectivity index (χ2n) is 8.26. The molecule has 0 amide bonds. The molecule has 1 unspecified atom stereocenters. The van der Waals surface area contributed by atoms with Gasteiger partial charge in [-0.05, 0) is 47.5 Å². The Kier molecular flexibility index (Phi) is 6.84. The summed E-state index contributed by atoms with van der Waals surface area (Å²) in [6.07, 6.45) is 6.12. The van der Waals surface area contributed by atoms with Crippen molar-refractivity contribution in [3.63, 3.8) is 0 Å². The van der Waals surface area contributed by atoms with Crippen LogP contribution in [0.4, 0.5) is 0 Å². The summed E-state index contributed by atoms with van der Waals surface area (Å²) in [6, 6.07) is 6.58. The fraction of sp³-hybridized carbons (Fsp3) is 0.682. The first-order valence-corrected chi connectivity index (χ1v) is 11.2. The average molecular weight is 415 g/mol. The third-order valence-corrected chi connectivity index (χ3v) is 6.63. The molecule has 1 atom stereocenters. The Morgan fingerprint density at radius 1 is 1.00 bits per heavy atom. The van der Waals surface area contributed by atoms with Crippen LogP contribution in [0.2, 0.25) is 0 Å². The first kappa shape index (κ1) is 21.1. The zero-order valence-electron chi connectivity index (χ0n) is 18.5. The molecule has 1 saturated carbocycles. The van der Waals surface area contributed by atoms with Crippen molar-refractivity contribution in [2.24, 2.45) is 0 Å². The van der Waals surface area contributed by atoms with E-state index in [1.54, 1.807) is 14.2 Å². The van der Waals surface area contributed by atoms with Gasteiger partial charge in [-0.2, -0.15) is 0 Å². The van der Waals surface area contributed by atoms with Crippen LogP contribution in [0.1, 0.15) is 62.5 Å². The molecule has 1 aliphatic heterocycles. The molecule has 2 fully saturated rings. The molecule has 0 N–H and O–H groups in total. The number of tetrazole rings is 1. The van der Waals surface area contributed by atoms with Crippen LogP contribution >= 0.6 is 0 Å². The Bertz CT molecular complexity index is 812. The summed E-state index contributed by atoms with van der Waals surface area (Å²) in [5, 5.41) is 13.1. The number of piperazine rings is 1. The van der Waals surface area contributed by atoms with E-state index in [0.717, 1.165) is 68.5 Å². The van der Waals surface area contributed by atoms with Crippen LogP contribution in [0, 0.1) is 0 Å². The molecule has 8 heteroatoms. The lowest BCUT2D eigenvalue weighted by atomic mass is 9.95.